The summed E-state index contributed by atoms with van der Waals surface area (Å²) in [6.45, 7) is 5.91. The second kappa shape index (κ2) is 18.8. The summed E-state index contributed by atoms with van der Waals surface area (Å²) in [5.41, 5.74) is 8.78. The highest BCUT2D eigenvalue weighted by atomic mass is 31.2. The third-order valence-corrected chi connectivity index (χ3v) is 15.3. The van der Waals surface area contributed by atoms with Crippen LogP contribution in [0.1, 0.15) is 40.8 Å². The lowest BCUT2D eigenvalue weighted by atomic mass is 10.0. The molecule has 2 aromatic carbocycles. The van der Waals surface area contributed by atoms with Gasteiger partial charge in [0.1, 0.15) is 52.2 Å². The Bertz CT molecular complexity index is 2720. The van der Waals surface area contributed by atoms with Crippen LogP contribution in [0.4, 0.5) is 5.82 Å². The minimum absolute atomic E-state index is 0.113. The first kappa shape index (κ1) is 44.9. The van der Waals surface area contributed by atoms with Crippen molar-refractivity contribution >= 4 is 66.2 Å². The molecule has 64 heavy (non-hydrogen) atoms. The number of carbonyl (C=O) groups is 2. The van der Waals surface area contributed by atoms with Gasteiger partial charge in [-0.25, -0.2) is 15.0 Å². The van der Waals surface area contributed by atoms with Gasteiger partial charge in [0.15, 0.2) is 29.7 Å². The van der Waals surface area contributed by atoms with Gasteiger partial charge < -0.3 is 52.5 Å². The number of fused-ring (bicyclic) bond motifs is 3. The largest absolute Gasteiger partial charge is 0.459 e. The molecular weight excluding hydrogens is 884 g/mol. The predicted molar refractivity (Wildman–Crippen MR) is 220 cm³/mol. The predicted octanol–water partition coefficient (Wildman–Crippen LogP) is 3.10. The number of benzene rings is 2. The first-order chi connectivity index (χ1) is 30.8. The van der Waals surface area contributed by atoms with E-state index in [2.05, 4.69) is 35.6 Å². The molecule has 2 aliphatic heterocycles. The van der Waals surface area contributed by atoms with E-state index in [0.29, 0.717) is 22.1 Å². The fourth-order valence-corrected chi connectivity index (χ4v) is 12.0. The van der Waals surface area contributed by atoms with Gasteiger partial charge in [0, 0.05) is 13.8 Å². The standard InChI is InChI=1S/C37H45N11O14P2/c1-6-53-63(51,55-16-28-31(57-22(4)49)21(3)37(60-28)58-23(5)50)20-64(52,54-7-2)56-17-29-32(61-47-26-14-10-8-12-24(26)42-44-47)33(62-48-27-15-11-9-13-25(27)43-45-48)36(59-29)46-19-41-30-34(38)39-18-40-35(30)46/h8-15,18-19,21,28-29,31-33,36-37H,6-7,16-17,20H2,1-5H3,(H2,38,39,40)/t21?,28-,29-,31?,32+,33?,36-,37?,63?,64?/m1/s1. The fraction of sp³-hybridized carbons (Fsp3) is 0.486. The maximum Gasteiger partial charge on any atom is 0.342 e. The minimum atomic E-state index is -4.44. The van der Waals surface area contributed by atoms with E-state index < -0.39 is 95.2 Å². The van der Waals surface area contributed by atoms with Gasteiger partial charge in [0.2, 0.25) is 12.4 Å². The van der Waals surface area contributed by atoms with Crippen LogP contribution in [0.5, 0.6) is 0 Å². The van der Waals surface area contributed by atoms with E-state index in [-0.39, 0.29) is 30.2 Å². The number of anilines is 1. The molecule has 2 saturated heterocycles. The molecule has 0 saturated carbocycles. The molecule has 6 unspecified atom stereocenters. The molecule has 4 aromatic heterocycles. The van der Waals surface area contributed by atoms with Crippen LogP contribution in [0.15, 0.2) is 61.2 Å². The van der Waals surface area contributed by atoms with E-state index in [1.807, 2.05) is 0 Å². The molecule has 0 amide bonds. The highest BCUT2D eigenvalue weighted by molar-refractivity contribution is 7.71. The topological polar surface area (TPSA) is 292 Å². The van der Waals surface area contributed by atoms with E-state index in [4.69, 9.17) is 52.5 Å². The molecule has 0 bridgehead atoms. The summed E-state index contributed by atoms with van der Waals surface area (Å²) in [6, 6.07) is 14.2. The summed E-state index contributed by atoms with van der Waals surface area (Å²) in [7, 11) is -8.82. The molecule has 10 atom stereocenters. The Morgan fingerprint density at radius 3 is 1.88 bits per heavy atom. The smallest absolute Gasteiger partial charge is 0.342 e. The van der Waals surface area contributed by atoms with Crippen LogP contribution in [-0.4, -0.2) is 131 Å². The molecule has 2 fully saturated rings. The molecule has 0 aliphatic carbocycles. The summed E-state index contributed by atoms with van der Waals surface area (Å²) in [5.74, 6) is -2.63. The lowest BCUT2D eigenvalue weighted by molar-refractivity contribution is -0.180. The lowest BCUT2D eigenvalue weighted by Crippen LogP contribution is -2.48. The van der Waals surface area contributed by atoms with Crippen molar-refractivity contribution in [1.82, 2.24) is 49.8 Å². The zero-order chi connectivity index (χ0) is 45.2. The number of rotatable bonds is 19. The van der Waals surface area contributed by atoms with Crippen LogP contribution < -0.4 is 15.4 Å². The van der Waals surface area contributed by atoms with E-state index in [1.165, 1.54) is 36.2 Å². The summed E-state index contributed by atoms with van der Waals surface area (Å²) in [5, 5.41) is 16.9. The van der Waals surface area contributed by atoms with Gasteiger partial charge in [-0.2, -0.15) is 0 Å². The number of nitrogens with two attached hydrogens (primary N) is 1. The zero-order valence-corrected chi connectivity index (χ0v) is 36.9. The summed E-state index contributed by atoms with van der Waals surface area (Å²) in [4.78, 5) is 52.2. The van der Waals surface area contributed by atoms with Crippen LogP contribution in [0, 0.1) is 5.92 Å². The van der Waals surface area contributed by atoms with Crippen molar-refractivity contribution in [1.29, 1.82) is 0 Å². The maximum atomic E-state index is 14.7. The van der Waals surface area contributed by atoms with Gasteiger partial charge in [-0.3, -0.25) is 23.3 Å². The molecule has 27 heteroatoms. The number of carbonyl (C=O) groups excluding carboxylic acids is 2. The SMILES string of the molecule is CCOP(=O)(CP(=O)(OCC)OC[C@H]1O[C@@H](n2cnc3c(N)ncnc32)C(On2nnc3ccccc32)[C@H]1On1nnc2ccccc21)OC[C@H]1OC(OC(C)=O)C(C)C1OC(C)=O. The Labute approximate surface area is 363 Å². The van der Waals surface area contributed by atoms with Crippen LogP contribution in [-0.2, 0) is 55.8 Å². The first-order valence-electron chi connectivity index (χ1n) is 20.1. The molecule has 0 radical (unpaired) electrons. The Hall–Kier alpha value is -5.65. The zero-order valence-electron chi connectivity index (χ0n) is 35.1. The van der Waals surface area contributed by atoms with Gasteiger partial charge in [-0.15, -0.1) is 10.2 Å². The average molecular weight is 930 g/mol. The van der Waals surface area contributed by atoms with Crippen molar-refractivity contribution < 1.29 is 65.4 Å². The Kier molecular flexibility index (Phi) is 13.2. The van der Waals surface area contributed by atoms with Crippen molar-refractivity contribution in [2.24, 2.45) is 5.92 Å². The molecule has 2 aliphatic rings. The molecule has 6 heterocycles. The normalized spacial score (nSPS) is 25.3. The molecule has 0 spiro atoms. The molecule has 2 N–H and O–H groups in total. The number of imidazole rings is 1. The lowest BCUT2D eigenvalue weighted by Gasteiger charge is -2.27. The second-order valence-electron chi connectivity index (χ2n) is 14.6. The van der Waals surface area contributed by atoms with E-state index in [0.717, 1.165) is 0 Å². The van der Waals surface area contributed by atoms with Gasteiger partial charge in [-0.05, 0) is 48.5 Å². The summed E-state index contributed by atoms with van der Waals surface area (Å²) in [6.07, 6.45) is -5.06. The van der Waals surface area contributed by atoms with Crippen molar-refractivity contribution in [3.63, 3.8) is 0 Å². The van der Waals surface area contributed by atoms with Crippen LogP contribution >= 0.6 is 15.2 Å². The number of para-hydroxylation sites is 2. The Balaban J connectivity index is 1.11. The first-order valence-corrected chi connectivity index (χ1v) is 23.5. The number of hydrogen-bond acceptors (Lipinski definition) is 22. The summed E-state index contributed by atoms with van der Waals surface area (Å²) >= 11 is 0. The number of nitrogen functional groups attached to an aromatic ring is 1. The van der Waals surface area contributed by atoms with Gasteiger partial charge >= 0.3 is 27.1 Å². The van der Waals surface area contributed by atoms with Crippen LogP contribution in [0.25, 0.3) is 33.2 Å². The minimum Gasteiger partial charge on any atom is -0.459 e. The highest BCUT2D eigenvalue weighted by Crippen LogP contribution is 2.64. The highest BCUT2D eigenvalue weighted by Gasteiger charge is 2.53. The Morgan fingerprint density at radius 1 is 0.734 bits per heavy atom. The van der Waals surface area contributed by atoms with Gasteiger partial charge in [0.05, 0.1) is 38.7 Å². The molecule has 6 aromatic rings. The number of hydrogen-bond donors (Lipinski definition) is 1. The third kappa shape index (κ3) is 9.42. The van der Waals surface area contributed by atoms with Gasteiger partial charge in [0.25, 0.3) is 0 Å². The Morgan fingerprint density at radius 2 is 1.30 bits per heavy atom. The van der Waals surface area contributed by atoms with Crippen molar-refractivity contribution in [3.8, 4) is 0 Å². The second-order valence-corrected chi connectivity index (χ2v) is 19.2. The van der Waals surface area contributed by atoms with E-state index >= 15 is 0 Å². The van der Waals surface area contributed by atoms with E-state index in [9.17, 15) is 18.7 Å². The molecule has 25 nitrogen and oxygen atoms in total. The third-order valence-electron chi connectivity index (χ3n) is 10.1. The fourth-order valence-electron chi connectivity index (χ4n) is 7.34. The number of aromatic nitrogens is 10. The van der Waals surface area contributed by atoms with Crippen molar-refractivity contribution in [2.75, 3.05) is 38.1 Å². The van der Waals surface area contributed by atoms with Crippen molar-refractivity contribution in [2.45, 2.75) is 77.7 Å². The number of nitrogens with zero attached hydrogens (tertiary/aromatic N) is 10. The average Bonchev–Trinajstić information content (AvgIpc) is 4.09. The molecule has 342 valence electrons. The number of ether oxygens (including phenoxy) is 4. The van der Waals surface area contributed by atoms with Crippen LogP contribution in [0.3, 0.4) is 0 Å². The molecular formula is C37H45N11O14P2. The van der Waals surface area contributed by atoms with Crippen LogP contribution in [0.2, 0.25) is 0 Å². The van der Waals surface area contributed by atoms with Crippen molar-refractivity contribution in [3.05, 3.63) is 61.2 Å². The summed E-state index contributed by atoms with van der Waals surface area (Å²) < 4.78 is 77.3. The quantitative estimate of drug-likeness (QED) is 0.0901. The number of esters is 2. The maximum absolute atomic E-state index is 14.7. The van der Waals surface area contributed by atoms with Gasteiger partial charge in [-0.1, -0.05) is 40.9 Å². The monoisotopic (exact) mass is 929 g/mol. The van der Waals surface area contributed by atoms with E-state index in [1.54, 1.807) is 73.9 Å². The molecule has 8 rings (SSSR count).